The molecule has 2 amide bonds. The molecule has 28 heavy (non-hydrogen) atoms. The van der Waals surface area contributed by atoms with Gasteiger partial charge in [-0.2, -0.15) is 0 Å². The molecule has 2 aromatic carbocycles. The predicted molar refractivity (Wildman–Crippen MR) is 110 cm³/mol. The molecule has 2 aliphatic rings. The van der Waals surface area contributed by atoms with Gasteiger partial charge in [-0.25, -0.2) is 0 Å². The van der Waals surface area contributed by atoms with Crippen molar-refractivity contribution < 1.29 is 9.59 Å². The van der Waals surface area contributed by atoms with Gasteiger partial charge in [-0.3, -0.25) is 9.59 Å². The monoisotopic (exact) mass is 376 g/mol. The number of carbonyl (C=O) groups excluding carboxylic acids is 2. The maximum absolute atomic E-state index is 12.7. The van der Waals surface area contributed by atoms with Crippen LogP contribution in [0.3, 0.4) is 0 Å². The number of aryl methyl sites for hydroxylation is 1. The SMILES string of the molecule is Cc1ccccc1CC(=O)N1CCC2(CC1)CC(=O)N(Cc1ccccc1)C2. The Morgan fingerprint density at radius 2 is 1.68 bits per heavy atom. The maximum atomic E-state index is 12.7. The van der Waals surface area contributed by atoms with E-state index in [1.165, 1.54) is 11.1 Å². The highest BCUT2D eigenvalue weighted by Crippen LogP contribution is 2.41. The molecule has 2 saturated heterocycles. The highest BCUT2D eigenvalue weighted by molar-refractivity contribution is 5.80. The number of likely N-dealkylation sites (tertiary alicyclic amines) is 2. The van der Waals surface area contributed by atoms with Crippen LogP contribution in [-0.2, 0) is 22.6 Å². The molecule has 2 heterocycles. The lowest BCUT2D eigenvalue weighted by Crippen LogP contribution is -2.44. The summed E-state index contributed by atoms with van der Waals surface area (Å²) in [6.45, 7) is 5.09. The summed E-state index contributed by atoms with van der Waals surface area (Å²) in [5, 5.41) is 0. The van der Waals surface area contributed by atoms with Gasteiger partial charge in [0.25, 0.3) is 0 Å². The van der Waals surface area contributed by atoms with Gasteiger partial charge in [0.15, 0.2) is 0 Å². The van der Waals surface area contributed by atoms with Gasteiger partial charge >= 0.3 is 0 Å². The third-order valence-corrected chi connectivity index (χ3v) is 6.40. The van der Waals surface area contributed by atoms with Crippen molar-refractivity contribution in [3.8, 4) is 0 Å². The van der Waals surface area contributed by atoms with E-state index in [0.29, 0.717) is 19.4 Å². The molecule has 0 bridgehead atoms. The van der Waals surface area contributed by atoms with Gasteiger partial charge in [-0.05, 0) is 36.5 Å². The third-order valence-electron chi connectivity index (χ3n) is 6.40. The predicted octanol–water partition coefficient (Wildman–Crippen LogP) is 3.58. The van der Waals surface area contributed by atoms with Crippen molar-refractivity contribution in [2.75, 3.05) is 19.6 Å². The minimum absolute atomic E-state index is 0.0469. The maximum Gasteiger partial charge on any atom is 0.226 e. The Hall–Kier alpha value is -2.62. The largest absolute Gasteiger partial charge is 0.342 e. The number of hydrogen-bond donors (Lipinski definition) is 0. The van der Waals surface area contributed by atoms with Crippen molar-refractivity contribution in [1.82, 2.24) is 9.80 Å². The van der Waals surface area contributed by atoms with E-state index in [4.69, 9.17) is 0 Å². The average molecular weight is 377 g/mol. The summed E-state index contributed by atoms with van der Waals surface area (Å²) in [5.41, 5.74) is 3.50. The summed E-state index contributed by atoms with van der Waals surface area (Å²) in [4.78, 5) is 29.3. The van der Waals surface area contributed by atoms with Crippen LogP contribution in [0.15, 0.2) is 54.6 Å². The van der Waals surface area contributed by atoms with Crippen LogP contribution in [-0.4, -0.2) is 41.2 Å². The molecule has 0 atom stereocenters. The van der Waals surface area contributed by atoms with Gasteiger partial charge in [0.1, 0.15) is 0 Å². The quantitative estimate of drug-likeness (QED) is 0.818. The Kier molecular flexibility index (Phi) is 5.21. The molecule has 0 aliphatic carbocycles. The lowest BCUT2D eigenvalue weighted by Gasteiger charge is -2.39. The fraction of sp³-hybridized carbons (Fsp3) is 0.417. The van der Waals surface area contributed by atoms with Crippen molar-refractivity contribution in [3.05, 3.63) is 71.3 Å². The molecule has 0 radical (unpaired) electrons. The molecule has 0 aromatic heterocycles. The van der Waals surface area contributed by atoms with Crippen molar-refractivity contribution in [2.45, 2.75) is 39.2 Å². The number of amides is 2. The lowest BCUT2D eigenvalue weighted by atomic mass is 9.77. The fourth-order valence-corrected chi connectivity index (χ4v) is 4.58. The van der Waals surface area contributed by atoms with Gasteiger partial charge in [0, 0.05) is 38.0 Å². The lowest BCUT2D eigenvalue weighted by molar-refractivity contribution is -0.132. The van der Waals surface area contributed by atoms with E-state index in [-0.39, 0.29) is 17.2 Å². The number of carbonyl (C=O) groups is 2. The first-order valence-electron chi connectivity index (χ1n) is 10.2. The Morgan fingerprint density at radius 1 is 1.00 bits per heavy atom. The summed E-state index contributed by atoms with van der Waals surface area (Å²) >= 11 is 0. The van der Waals surface area contributed by atoms with Gasteiger partial charge in [0.2, 0.25) is 11.8 Å². The Labute approximate surface area is 167 Å². The van der Waals surface area contributed by atoms with Gasteiger partial charge in [0.05, 0.1) is 6.42 Å². The Morgan fingerprint density at radius 3 is 2.39 bits per heavy atom. The minimum atomic E-state index is 0.0469. The normalized spacial score (nSPS) is 18.7. The second-order valence-electron chi connectivity index (χ2n) is 8.40. The molecule has 2 aromatic rings. The van der Waals surface area contributed by atoms with E-state index in [0.717, 1.165) is 38.0 Å². The number of rotatable bonds is 4. The first-order chi connectivity index (χ1) is 13.5. The molecule has 146 valence electrons. The zero-order chi connectivity index (χ0) is 19.6. The molecule has 4 nitrogen and oxygen atoms in total. The van der Waals surface area contributed by atoms with E-state index < -0.39 is 0 Å². The molecule has 4 rings (SSSR count). The van der Waals surface area contributed by atoms with E-state index in [1.807, 2.05) is 46.2 Å². The zero-order valence-corrected chi connectivity index (χ0v) is 16.6. The third kappa shape index (κ3) is 3.96. The summed E-state index contributed by atoms with van der Waals surface area (Å²) in [5.74, 6) is 0.457. The summed E-state index contributed by atoms with van der Waals surface area (Å²) < 4.78 is 0. The highest BCUT2D eigenvalue weighted by atomic mass is 16.2. The van der Waals surface area contributed by atoms with Gasteiger partial charge in [-0.15, -0.1) is 0 Å². The summed E-state index contributed by atoms with van der Waals surface area (Å²) in [7, 11) is 0. The number of benzene rings is 2. The topological polar surface area (TPSA) is 40.6 Å². The molecule has 0 N–H and O–H groups in total. The van der Waals surface area contributed by atoms with Gasteiger partial charge in [-0.1, -0.05) is 54.6 Å². The first-order valence-corrected chi connectivity index (χ1v) is 10.2. The molecular formula is C24H28N2O2. The number of piperidine rings is 1. The standard InChI is InChI=1S/C24H28N2O2/c1-19-7-5-6-10-21(19)15-22(27)25-13-11-24(12-14-25)16-23(28)26(18-24)17-20-8-3-2-4-9-20/h2-10H,11-18H2,1H3. The first kappa shape index (κ1) is 18.7. The molecule has 4 heteroatoms. The average Bonchev–Trinajstić information content (AvgIpc) is 2.99. The van der Waals surface area contributed by atoms with Gasteiger partial charge < -0.3 is 9.80 Å². The van der Waals surface area contributed by atoms with Crippen LogP contribution in [0.25, 0.3) is 0 Å². The minimum Gasteiger partial charge on any atom is -0.342 e. The van der Waals surface area contributed by atoms with Crippen LogP contribution in [0.5, 0.6) is 0 Å². The van der Waals surface area contributed by atoms with Crippen molar-refractivity contribution >= 4 is 11.8 Å². The number of hydrogen-bond acceptors (Lipinski definition) is 2. The second-order valence-corrected chi connectivity index (χ2v) is 8.40. The molecule has 1 spiro atoms. The van der Waals surface area contributed by atoms with E-state index in [1.54, 1.807) is 0 Å². The second kappa shape index (κ2) is 7.78. The smallest absolute Gasteiger partial charge is 0.226 e. The summed E-state index contributed by atoms with van der Waals surface area (Å²) in [6, 6.07) is 18.3. The van der Waals surface area contributed by atoms with Crippen LogP contribution < -0.4 is 0 Å². The fourth-order valence-electron chi connectivity index (χ4n) is 4.58. The van der Waals surface area contributed by atoms with E-state index in [9.17, 15) is 9.59 Å². The Bertz CT molecular complexity index is 854. The van der Waals surface area contributed by atoms with Crippen LogP contribution in [0, 0.1) is 12.3 Å². The summed E-state index contributed by atoms with van der Waals surface area (Å²) in [6.07, 6.45) is 2.94. The van der Waals surface area contributed by atoms with E-state index >= 15 is 0 Å². The van der Waals surface area contributed by atoms with Crippen molar-refractivity contribution in [2.24, 2.45) is 5.41 Å². The van der Waals surface area contributed by atoms with Crippen molar-refractivity contribution in [3.63, 3.8) is 0 Å². The van der Waals surface area contributed by atoms with E-state index in [2.05, 4.69) is 25.1 Å². The zero-order valence-electron chi connectivity index (χ0n) is 16.6. The Balaban J connectivity index is 1.34. The van der Waals surface area contributed by atoms with Crippen LogP contribution >= 0.6 is 0 Å². The molecule has 2 aliphatic heterocycles. The molecule has 0 unspecified atom stereocenters. The molecular weight excluding hydrogens is 348 g/mol. The number of nitrogens with zero attached hydrogens (tertiary/aromatic N) is 2. The molecule has 0 saturated carbocycles. The van der Waals surface area contributed by atoms with Crippen LogP contribution in [0.2, 0.25) is 0 Å². The highest BCUT2D eigenvalue weighted by Gasteiger charge is 2.45. The van der Waals surface area contributed by atoms with Crippen molar-refractivity contribution in [1.29, 1.82) is 0 Å². The molecule has 2 fully saturated rings. The van der Waals surface area contributed by atoms with Crippen LogP contribution in [0.4, 0.5) is 0 Å². The van der Waals surface area contributed by atoms with Crippen LogP contribution in [0.1, 0.15) is 36.0 Å².